The Kier molecular flexibility index (Phi) is 30.5. The summed E-state index contributed by atoms with van der Waals surface area (Å²) in [6, 6.07) is 0. The summed E-state index contributed by atoms with van der Waals surface area (Å²) < 4.78 is 3.35. The van der Waals surface area contributed by atoms with Gasteiger partial charge in [-0.15, -0.1) is 0 Å². The van der Waals surface area contributed by atoms with E-state index in [-0.39, 0.29) is 24.2 Å². The van der Waals surface area contributed by atoms with Crippen molar-refractivity contribution in [2.75, 3.05) is 0 Å². The minimum atomic E-state index is -0.833. The maximum atomic E-state index is 9.00. The summed E-state index contributed by atoms with van der Waals surface area (Å²) in [7, 11) is 0. The number of hydrogen-bond donors (Lipinski definition) is 2. The fraction of sp³-hybridized carbons (Fsp3) is 0.875. The van der Waals surface area contributed by atoms with Crippen LogP contribution in [0.15, 0.2) is 0 Å². The Balaban J connectivity index is -0.000000334. The molecule has 0 aromatic carbocycles. The van der Waals surface area contributed by atoms with Crippen LogP contribution in [0.25, 0.3) is 0 Å². The predicted molar refractivity (Wildman–Crippen MR) is 90.3 cm³/mol. The van der Waals surface area contributed by atoms with Gasteiger partial charge in [-0.3, -0.25) is 9.59 Å². The van der Waals surface area contributed by atoms with E-state index in [2.05, 4.69) is 13.8 Å². The van der Waals surface area contributed by atoms with Crippen LogP contribution in [0.3, 0.4) is 0 Å². The Bertz CT molecular complexity index is 190. The van der Waals surface area contributed by atoms with E-state index < -0.39 is 11.9 Å². The molecule has 0 aromatic heterocycles. The average Bonchev–Trinajstić information content (AvgIpc) is 2.35. The van der Waals surface area contributed by atoms with Gasteiger partial charge in [-0.2, -0.15) is 0 Å². The van der Waals surface area contributed by atoms with Crippen molar-refractivity contribution in [2.24, 2.45) is 0 Å². The van der Waals surface area contributed by atoms with Crippen LogP contribution in [0, 0.1) is 0 Å². The third-order valence-corrected chi connectivity index (χ3v) is 7.91. The molecule has 0 spiro atoms. The third-order valence-electron chi connectivity index (χ3n) is 2.41. The van der Waals surface area contributed by atoms with Gasteiger partial charge in [0.1, 0.15) is 0 Å². The summed E-state index contributed by atoms with van der Waals surface area (Å²) in [5.41, 5.74) is 0. The first kappa shape index (κ1) is 25.8. The number of carboxylic acid groups (broad SMARTS) is 2. The second-order valence-corrected chi connectivity index (χ2v) is 10.7. The van der Waals surface area contributed by atoms with E-state index in [1.165, 1.54) is 38.5 Å². The van der Waals surface area contributed by atoms with Gasteiger partial charge in [-0.05, 0) is 0 Å². The average molecular weight is 498 g/mol. The van der Waals surface area contributed by atoms with Gasteiger partial charge >= 0.3 is 97.4 Å². The summed E-state index contributed by atoms with van der Waals surface area (Å²) in [5.74, 6) is -1.67. The molecule has 0 aliphatic rings. The van der Waals surface area contributed by atoms with Crippen LogP contribution in [0.2, 0.25) is 7.96 Å². The molecule has 2 N–H and O–H groups in total. The predicted octanol–water partition coefficient (Wildman–Crippen LogP) is 4.87. The molecule has 2 radical (unpaired) electrons. The SMILES string of the molecule is CC(=O)O.CC(=O)O.CCCCC[CH2][Pb][CH2]CCCCC. The molecule has 5 heteroatoms. The van der Waals surface area contributed by atoms with Crippen molar-refractivity contribution >= 4 is 36.2 Å². The zero-order valence-corrected chi connectivity index (χ0v) is 18.2. The number of carboxylic acids is 2. The van der Waals surface area contributed by atoms with Gasteiger partial charge < -0.3 is 10.2 Å². The molecule has 0 atom stereocenters. The molecule has 126 valence electrons. The summed E-state index contributed by atoms with van der Waals surface area (Å²) in [5, 5.41) is 14.8. The van der Waals surface area contributed by atoms with Gasteiger partial charge in [-0.1, -0.05) is 0 Å². The minimum absolute atomic E-state index is 0.0943. The Morgan fingerprint density at radius 1 is 0.714 bits per heavy atom. The first-order valence-corrected chi connectivity index (χ1v) is 13.5. The molecule has 0 saturated carbocycles. The van der Waals surface area contributed by atoms with Crippen molar-refractivity contribution in [2.45, 2.75) is 87.0 Å². The molecular weight excluding hydrogens is 463 g/mol. The molecule has 0 aliphatic heterocycles. The summed E-state index contributed by atoms with van der Waals surface area (Å²) >= 11 is -0.0943. The zero-order chi connectivity index (χ0) is 16.9. The van der Waals surface area contributed by atoms with E-state index in [9.17, 15) is 0 Å². The molecule has 0 aromatic rings. The first-order valence-electron chi connectivity index (χ1n) is 7.98. The van der Waals surface area contributed by atoms with Crippen LogP contribution < -0.4 is 0 Å². The number of carbonyl (C=O) groups is 2. The molecular formula is C16H34O4Pb. The van der Waals surface area contributed by atoms with Crippen LogP contribution >= 0.6 is 0 Å². The van der Waals surface area contributed by atoms with Crippen molar-refractivity contribution in [1.82, 2.24) is 0 Å². The van der Waals surface area contributed by atoms with Gasteiger partial charge in [0.25, 0.3) is 11.9 Å². The molecule has 21 heavy (non-hydrogen) atoms. The van der Waals surface area contributed by atoms with Crippen molar-refractivity contribution < 1.29 is 19.8 Å². The normalized spacial score (nSPS) is 8.95. The Morgan fingerprint density at radius 3 is 1.24 bits per heavy atom. The monoisotopic (exact) mass is 498 g/mol. The standard InChI is InChI=1S/2C6H13.2C2H4O2.Pb/c2*1-3-5-6-4-2;2*1-2(3)4;/h2*1,3-6H2,2H3;2*1H3,(H,3,4);. The van der Waals surface area contributed by atoms with E-state index in [0.29, 0.717) is 0 Å². The van der Waals surface area contributed by atoms with Crippen molar-refractivity contribution in [3.63, 3.8) is 0 Å². The van der Waals surface area contributed by atoms with E-state index >= 15 is 0 Å². The van der Waals surface area contributed by atoms with Gasteiger partial charge in [0.2, 0.25) is 0 Å². The third kappa shape index (κ3) is 65.2. The molecule has 4 nitrogen and oxygen atoms in total. The van der Waals surface area contributed by atoms with Crippen LogP contribution in [0.1, 0.15) is 79.1 Å². The number of aliphatic carboxylic acids is 2. The second kappa shape index (κ2) is 24.9. The topological polar surface area (TPSA) is 74.6 Å². The van der Waals surface area contributed by atoms with Crippen LogP contribution in [0.4, 0.5) is 0 Å². The molecule has 0 unspecified atom stereocenters. The number of rotatable bonds is 10. The molecule has 0 bridgehead atoms. The Hall–Kier alpha value is -0.138. The Labute approximate surface area is 142 Å². The van der Waals surface area contributed by atoms with Gasteiger partial charge in [0.15, 0.2) is 0 Å². The number of unbranched alkanes of at least 4 members (excludes halogenated alkanes) is 6. The Morgan fingerprint density at radius 2 is 1.00 bits per heavy atom. The molecule has 0 aliphatic carbocycles. The first-order chi connectivity index (χ1) is 9.88. The van der Waals surface area contributed by atoms with E-state index in [0.717, 1.165) is 13.8 Å². The van der Waals surface area contributed by atoms with Crippen LogP contribution in [-0.4, -0.2) is 46.4 Å². The van der Waals surface area contributed by atoms with Crippen molar-refractivity contribution in [1.29, 1.82) is 0 Å². The molecule has 0 fully saturated rings. The zero-order valence-electron chi connectivity index (χ0n) is 14.3. The summed E-state index contributed by atoms with van der Waals surface area (Å²) in [4.78, 5) is 18.0. The molecule has 0 amide bonds. The van der Waals surface area contributed by atoms with Gasteiger partial charge in [-0.25, -0.2) is 0 Å². The van der Waals surface area contributed by atoms with E-state index in [4.69, 9.17) is 19.8 Å². The number of hydrogen-bond acceptors (Lipinski definition) is 2. The fourth-order valence-corrected chi connectivity index (χ4v) is 6.34. The van der Waals surface area contributed by atoms with Gasteiger partial charge in [0, 0.05) is 13.8 Å². The van der Waals surface area contributed by atoms with Crippen molar-refractivity contribution in [3.8, 4) is 0 Å². The van der Waals surface area contributed by atoms with Crippen LogP contribution in [-0.2, 0) is 9.59 Å². The van der Waals surface area contributed by atoms with Gasteiger partial charge in [0.05, 0.1) is 0 Å². The summed E-state index contributed by atoms with van der Waals surface area (Å²) in [6.45, 7) is 6.76. The second-order valence-electron chi connectivity index (χ2n) is 4.91. The van der Waals surface area contributed by atoms with E-state index in [1.807, 2.05) is 0 Å². The summed E-state index contributed by atoms with van der Waals surface area (Å²) in [6.07, 6.45) is 11.9. The molecule has 0 saturated heterocycles. The van der Waals surface area contributed by atoms with Crippen LogP contribution in [0.5, 0.6) is 0 Å². The van der Waals surface area contributed by atoms with E-state index in [1.54, 1.807) is 20.8 Å². The van der Waals surface area contributed by atoms with Crippen molar-refractivity contribution in [3.05, 3.63) is 0 Å². The maximum absolute atomic E-state index is 9.00. The quantitative estimate of drug-likeness (QED) is 0.334. The molecule has 0 rings (SSSR count). The molecule has 0 heterocycles. The fourth-order valence-electron chi connectivity index (χ4n) is 1.48.